The third-order valence-electron chi connectivity index (χ3n) is 3.15. The summed E-state index contributed by atoms with van der Waals surface area (Å²) in [6, 6.07) is 4.09. The largest absolute Gasteiger partial charge is 0.466 e. The van der Waals surface area contributed by atoms with E-state index in [-0.39, 0.29) is 11.9 Å². The molecule has 0 unspecified atom stereocenters. The zero-order valence-corrected chi connectivity index (χ0v) is 12.6. The van der Waals surface area contributed by atoms with Crippen LogP contribution in [-0.2, 0) is 9.53 Å². The van der Waals surface area contributed by atoms with Crippen molar-refractivity contribution in [1.82, 2.24) is 4.98 Å². The molecule has 0 radical (unpaired) electrons. The fraction of sp³-hybridized carbons (Fsp3) is 0.538. The van der Waals surface area contributed by atoms with Crippen molar-refractivity contribution < 1.29 is 9.53 Å². The maximum Gasteiger partial charge on any atom is 0.309 e. The molecule has 0 saturated carbocycles. The number of nitrogens with zero attached hydrogens (tertiary/aromatic N) is 2. The summed E-state index contributed by atoms with van der Waals surface area (Å²) in [4.78, 5) is 18.3. The van der Waals surface area contributed by atoms with E-state index >= 15 is 0 Å². The van der Waals surface area contributed by atoms with Crippen molar-refractivity contribution in [1.29, 1.82) is 0 Å². The molecule has 1 saturated heterocycles. The summed E-state index contributed by atoms with van der Waals surface area (Å²) in [5.41, 5.74) is 0. The molecule has 0 atom stereocenters. The second-order valence-corrected chi connectivity index (χ2v) is 5.59. The van der Waals surface area contributed by atoms with E-state index in [1.165, 1.54) is 0 Å². The molecule has 1 aromatic rings. The number of hydrogen-bond acceptors (Lipinski definition) is 4. The molecule has 1 aliphatic heterocycles. The molecule has 2 heterocycles. The van der Waals surface area contributed by atoms with Crippen LogP contribution >= 0.6 is 22.6 Å². The number of halogens is 1. The predicted octanol–water partition coefficient (Wildman–Crippen LogP) is 2.47. The summed E-state index contributed by atoms with van der Waals surface area (Å²) in [5, 5.41) is 0. The third kappa shape index (κ3) is 3.34. The van der Waals surface area contributed by atoms with Gasteiger partial charge in [-0.15, -0.1) is 0 Å². The fourth-order valence-electron chi connectivity index (χ4n) is 2.16. The van der Waals surface area contributed by atoms with E-state index in [2.05, 4.69) is 38.5 Å². The van der Waals surface area contributed by atoms with Crippen molar-refractivity contribution in [3.05, 3.63) is 21.9 Å². The zero-order valence-electron chi connectivity index (χ0n) is 10.4. The topological polar surface area (TPSA) is 42.4 Å². The Bertz CT molecular complexity index is 400. The van der Waals surface area contributed by atoms with Gasteiger partial charge in [0.25, 0.3) is 0 Å². The standard InChI is InChI=1S/C13H17IN2O2/c1-2-18-13(17)10-5-7-16(8-6-10)12-4-3-11(14)9-15-12/h3-4,9-10H,2,5-8H2,1H3. The van der Waals surface area contributed by atoms with Gasteiger partial charge < -0.3 is 9.64 Å². The lowest BCUT2D eigenvalue weighted by Gasteiger charge is -2.31. The SMILES string of the molecule is CCOC(=O)C1CCN(c2ccc(I)cn2)CC1. The molecule has 2 rings (SSSR count). The molecule has 0 amide bonds. The van der Waals surface area contributed by atoms with Gasteiger partial charge in [-0.3, -0.25) is 4.79 Å². The van der Waals surface area contributed by atoms with Gasteiger partial charge in [0.1, 0.15) is 5.82 Å². The maximum absolute atomic E-state index is 11.6. The van der Waals surface area contributed by atoms with E-state index in [9.17, 15) is 4.79 Å². The Labute approximate surface area is 121 Å². The number of esters is 1. The van der Waals surface area contributed by atoms with Crippen molar-refractivity contribution in [2.75, 3.05) is 24.6 Å². The lowest BCUT2D eigenvalue weighted by atomic mass is 9.97. The fourth-order valence-corrected chi connectivity index (χ4v) is 2.48. The van der Waals surface area contributed by atoms with Crippen LogP contribution < -0.4 is 4.90 Å². The van der Waals surface area contributed by atoms with Gasteiger partial charge in [0, 0.05) is 22.9 Å². The van der Waals surface area contributed by atoms with Crippen molar-refractivity contribution in [2.24, 2.45) is 5.92 Å². The van der Waals surface area contributed by atoms with Gasteiger partial charge >= 0.3 is 5.97 Å². The number of aromatic nitrogens is 1. The average Bonchev–Trinajstić information content (AvgIpc) is 2.40. The summed E-state index contributed by atoms with van der Waals surface area (Å²) < 4.78 is 6.20. The summed E-state index contributed by atoms with van der Waals surface area (Å²) in [5.74, 6) is 1.01. The van der Waals surface area contributed by atoms with Gasteiger partial charge in [0.2, 0.25) is 0 Å². The molecule has 1 aromatic heterocycles. The number of ether oxygens (including phenoxy) is 1. The van der Waals surface area contributed by atoms with Crippen LogP contribution in [0.25, 0.3) is 0 Å². The molecule has 0 aromatic carbocycles. The first-order valence-corrected chi connectivity index (χ1v) is 7.31. The molecule has 5 heteroatoms. The van der Waals surface area contributed by atoms with Crippen molar-refractivity contribution in [3.8, 4) is 0 Å². The predicted molar refractivity (Wildman–Crippen MR) is 78.5 cm³/mol. The number of hydrogen-bond donors (Lipinski definition) is 0. The molecule has 4 nitrogen and oxygen atoms in total. The average molecular weight is 360 g/mol. The Kier molecular flexibility index (Phi) is 4.79. The van der Waals surface area contributed by atoms with Crippen molar-refractivity contribution >= 4 is 34.4 Å². The highest BCUT2D eigenvalue weighted by Gasteiger charge is 2.26. The maximum atomic E-state index is 11.6. The lowest BCUT2D eigenvalue weighted by molar-refractivity contribution is -0.148. The Morgan fingerprint density at radius 1 is 1.50 bits per heavy atom. The van der Waals surface area contributed by atoms with Crippen LogP contribution in [-0.4, -0.2) is 30.6 Å². The number of carbonyl (C=O) groups is 1. The van der Waals surface area contributed by atoms with E-state index in [4.69, 9.17) is 4.74 Å². The van der Waals surface area contributed by atoms with Crippen LogP contribution in [0, 0.1) is 9.49 Å². The van der Waals surface area contributed by atoms with Gasteiger partial charge in [0.15, 0.2) is 0 Å². The van der Waals surface area contributed by atoms with Gasteiger partial charge in [0.05, 0.1) is 12.5 Å². The molecule has 1 fully saturated rings. The smallest absolute Gasteiger partial charge is 0.309 e. The molecule has 0 aliphatic carbocycles. The second kappa shape index (κ2) is 6.36. The molecule has 1 aliphatic rings. The highest BCUT2D eigenvalue weighted by atomic mass is 127. The second-order valence-electron chi connectivity index (χ2n) is 4.35. The summed E-state index contributed by atoms with van der Waals surface area (Å²) in [6.45, 7) is 4.06. The minimum absolute atomic E-state index is 0.0484. The third-order valence-corrected chi connectivity index (χ3v) is 3.79. The van der Waals surface area contributed by atoms with E-state index in [1.807, 2.05) is 19.2 Å². The minimum atomic E-state index is -0.0484. The number of piperidine rings is 1. The molecule has 0 N–H and O–H groups in total. The van der Waals surface area contributed by atoms with E-state index < -0.39 is 0 Å². The molecule has 18 heavy (non-hydrogen) atoms. The summed E-state index contributed by atoms with van der Waals surface area (Å²) in [6.07, 6.45) is 3.58. The van der Waals surface area contributed by atoms with Gasteiger partial charge in [-0.2, -0.15) is 0 Å². The van der Waals surface area contributed by atoms with E-state index in [0.29, 0.717) is 6.61 Å². The van der Waals surface area contributed by atoms with Crippen LogP contribution in [0.5, 0.6) is 0 Å². The minimum Gasteiger partial charge on any atom is -0.466 e. The quantitative estimate of drug-likeness (QED) is 0.614. The first-order chi connectivity index (χ1) is 8.70. The number of carbonyl (C=O) groups excluding carboxylic acids is 1. The lowest BCUT2D eigenvalue weighted by Crippen LogP contribution is -2.37. The zero-order chi connectivity index (χ0) is 13.0. The highest BCUT2D eigenvalue weighted by Crippen LogP contribution is 2.23. The normalized spacial score (nSPS) is 16.7. The van der Waals surface area contributed by atoms with E-state index in [0.717, 1.165) is 35.3 Å². The molecule has 0 bridgehead atoms. The summed E-state index contributed by atoms with van der Waals surface area (Å²) >= 11 is 2.25. The van der Waals surface area contributed by atoms with Gasteiger partial charge in [-0.1, -0.05) is 0 Å². The Morgan fingerprint density at radius 2 is 2.22 bits per heavy atom. The van der Waals surface area contributed by atoms with Crippen molar-refractivity contribution in [2.45, 2.75) is 19.8 Å². The number of anilines is 1. The first-order valence-electron chi connectivity index (χ1n) is 6.24. The molecular formula is C13H17IN2O2. The van der Waals surface area contributed by atoms with Crippen molar-refractivity contribution in [3.63, 3.8) is 0 Å². The van der Waals surface area contributed by atoms with Crippen LogP contribution in [0.2, 0.25) is 0 Å². The Balaban J connectivity index is 1.90. The number of rotatable bonds is 3. The van der Waals surface area contributed by atoms with Crippen LogP contribution in [0.1, 0.15) is 19.8 Å². The summed E-state index contributed by atoms with van der Waals surface area (Å²) in [7, 11) is 0. The molecule has 98 valence electrons. The van der Waals surface area contributed by atoms with E-state index in [1.54, 1.807) is 0 Å². The van der Waals surface area contributed by atoms with Gasteiger partial charge in [-0.05, 0) is 54.5 Å². The Hall–Kier alpha value is -0.850. The number of pyridine rings is 1. The molecular weight excluding hydrogens is 343 g/mol. The Morgan fingerprint density at radius 3 is 2.78 bits per heavy atom. The monoisotopic (exact) mass is 360 g/mol. The molecule has 0 spiro atoms. The van der Waals surface area contributed by atoms with Crippen LogP contribution in [0.15, 0.2) is 18.3 Å². The van der Waals surface area contributed by atoms with Crippen LogP contribution in [0.4, 0.5) is 5.82 Å². The van der Waals surface area contributed by atoms with Gasteiger partial charge in [-0.25, -0.2) is 4.98 Å². The van der Waals surface area contributed by atoms with Crippen LogP contribution in [0.3, 0.4) is 0 Å². The highest BCUT2D eigenvalue weighted by molar-refractivity contribution is 14.1. The first kappa shape index (κ1) is 13.6.